The van der Waals surface area contributed by atoms with Gasteiger partial charge in [-0.1, -0.05) is 42.5 Å². The number of hydrogen-bond acceptors (Lipinski definition) is 4. The highest BCUT2D eigenvalue weighted by Gasteiger charge is 2.47. The van der Waals surface area contributed by atoms with Crippen LogP contribution in [0.15, 0.2) is 54.6 Å². The second-order valence-corrected chi connectivity index (χ2v) is 7.27. The van der Waals surface area contributed by atoms with Crippen molar-refractivity contribution in [2.24, 2.45) is 0 Å². The summed E-state index contributed by atoms with van der Waals surface area (Å²) in [5, 5.41) is 5.47. The van der Waals surface area contributed by atoms with E-state index in [1.165, 1.54) is 0 Å². The summed E-state index contributed by atoms with van der Waals surface area (Å²) in [4.78, 5) is 38.4. The predicted molar refractivity (Wildman–Crippen MR) is 108 cm³/mol. The van der Waals surface area contributed by atoms with Crippen LogP contribution in [-0.4, -0.2) is 41.9 Å². The molecule has 1 aliphatic heterocycles. The van der Waals surface area contributed by atoms with E-state index >= 15 is 0 Å². The zero-order chi connectivity index (χ0) is 20.9. The Hall–Kier alpha value is -3.35. The molecule has 1 aliphatic rings. The van der Waals surface area contributed by atoms with Crippen LogP contribution in [0.3, 0.4) is 0 Å². The van der Waals surface area contributed by atoms with E-state index < -0.39 is 17.5 Å². The Balaban J connectivity index is 1.55. The topological polar surface area (TPSA) is 87.7 Å². The minimum atomic E-state index is -1.01. The van der Waals surface area contributed by atoms with Gasteiger partial charge in [-0.3, -0.25) is 14.5 Å². The highest BCUT2D eigenvalue weighted by atomic mass is 16.5. The third-order valence-electron chi connectivity index (χ3n) is 5.03. The van der Waals surface area contributed by atoms with Gasteiger partial charge in [-0.25, -0.2) is 4.79 Å². The van der Waals surface area contributed by atoms with Gasteiger partial charge in [-0.15, -0.1) is 0 Å². The van der Waals surface area contributed by atoms with Gasteiger partial charge in [0.25, 0.3) is 5.91 Å². The van der Waals surface area contributed by atoms with Crippen LogP contribution >= 0.6 is 0 Å². The summed E-state index contributed by atoms with van der Waals surface area (Å²) in [5.41, 5.74) is 0.938. The number of imide groups is 1. The molecule has 0 radical (unpaired) electrons. The SMILES string of the molecule is COc1cccc(CNC(=O)CN2C(=O)N[C@](C)(CCc3ccccc3)C2=O)c1. The van der Waals surface area contributed by atoms with Gasteiger partial charge in [-0.05, 0) is 43.0 Å². The summed E-state index contributed by atoms with van der Waals surface area (Å²) in [5.74, 6) is -0.0846. The highest BCUT2D eigenvalue weighted by molar-refractivity contribution is 6.08. The monoisotopic (exact) mass is 395 g/mol. The minimum Gasteiger partial charge on any atom is -0.497 e. The van der Waals surface area contributed by atoms with Crippen molar-refractivity contribution in [3.8, 4) is 5.75 Å². The number of rotatable bonds is 8. The second kappa shape index (κ2) is 8.77. The van der Waals surface area contributed by atoms with Crippen LogP contribution in [0.5, 0.6) is 5.75 Å². The molecule has 7 heteroatoms. The number of nitrogens with one attached hydrogen (secondary N) is 2. The number of carbonyl (C=O) groups excluding carboxylic acids is 3. The standard InChI is InChI=1S/C22H25N3O4/c1-22(12-11-16-7-4-3-5-8-16)20(27)25(21(28)24-22)15-19(26)23-14-17-9-6-10-18(13-17)29-2/h3-10,13H,11-12,14-15H2,1-2H3,(H,23,26)(H,24,28)/t22-/m1/s1. The molecule has 1 fully saturated rings. The number of hydrogen-bond donors (Lipinski definition) is 2. The number of urea groups is 1. The summed E-state index contributed by atoms with van der Waals surface area (Å²) in [6, 6.07) is 16.5. The van der Waals surface area contributed by atoms with Crippen molar-refractivity contribution in [2.45, 2.75) is 31.8 Å². The molecule has 2 aromatic rings. The van der Waals surface area contributed by atoms with Crippen molar-refractivity contribution >= 4 is 17.8 Å². The molecular formula is C22H25N3O4. The van der Waals surface area contributed by atoms with Gasteiger partial charge in [0.05, 0.1) is 7.11 Å². The lowest BCUT2D eigenvalue weighted by molar-refractivity contribution is -0.134. The maximum absolute atomic E-state index is 12.8. The maximum Gasteiger partial charge on any atom is 0.325 e. The molecule has 0 spiro atoms. The lowest BCUT2D eigenvalue weighted by atomic mass is 9.93. The van der Waals surface area contributed by atoms with Crippen molar-refractivity contribution in [2.75, 3.05) is 13.7 Å². The maximum atomic E-state index is 12.8. The second-order valence-electron chi connectivity index (χ2n) is 7.27. The Bertz CT molecular complexity index is 900. The Morgan fingerprint density at radius 2 is 1.83 bits per heavy atom. The first kappa shape index (κ1) is 20.4. The molecule has 7 nitrogen and oxygen atoms in total. The molecule has 3 rings (SSSR count). The first-order valence-corrected chi connectivity index (χ1v) is 9.49. The first-order valence-electron chi connectivity index (χ1n) is 9.49. The molecule has 0 saturated carbocycles. The average molecular weight is 395 g/mol. The van der Waals surface area contributed by atoms with Crippen LogP contribution in [0, 0.1) is 0 Å². The van der Waals surface area contributed by atoms with Gasteiger partial charge in [0.2, 0.25) is 5.91 Å². The van der Waals surface area contributed by atoms with E-state index in [0.717, 1.165) is 16.0 Å². The van der Waals surface area contributed by atoms with Gasteiger partial charge in [-0.2, -0.15) is 0 Å². The number of ether oxygens (including phenoxy) is 1. The lowest BCUT2D eigenvalue weighted by Gasteiger charge is -2.21. The third kappa shape index (κ3) is 4.93. The molecular weight excluding hydrogens is 370 g/mol. The summed E-state index contributed by atoms with van der Waals surface area (Å²) in [6.45, 7) is 1.67. The lowest BCUT2D eigenvalue weighted by Crippen LogP contribution is -2.45. The Morgan fingerprint density at radius 3 is 2.55 bits per heavy atom. The van der Waals surface area contributed by atoms with E-state index in [2.05, 4.69) is 10.6 Å². The number of nitrogens with zero attached hydrogens (tertiary/aromatic N) is 1. The van der Waals surface area contributed by atoms with Gasteiger partial charge in [0, 0.05) is 6.54 Å². The van der Waals surface area contributed by atoms with E-state index in [0.29, 0.717) is 18.6 Å². The molecule has 4 amide bonds. The van der Waals surface area contributed by atoms with Crippen molar-refractivity contribution in [3.05, 3.63) is 65.7 Å². The molecule has 1 atom stereocenters. The van der Waals surface area contributed by atoms with Crippen LogP contribution in [0.25, 0.3) is 0 Å². The first-order chi connectivity index (χ1) is 13.9. The fourth-order valence-corrected chi connectivity index (χ4v) is 3.28. The van der Waals surface area contributed by atoms with E-state index in [4.69, 9.17) is 4.74 Å². The third-order valence-corrected chi connectivity index (χ3v) is 5.03. The zero-order valence-corrected chi connectivity index (χ0v) is 16.6. The molecule has 152 valence electrons. The van der Waals surface area contributed by atoms with Crippen molar-refractivity contribution in [1.82, 2.24) is 15.5 Å². The molecule has 1 heterocycles. The minimum absolute atomic E-state index is 0.283. The van der Waals surface area contributed by atoms with Gasteiger partial charge >= 0.3 is 6.03 Å². The van der Waals surface area contributed by atoms with Crippen LogP contribution in [0.4, 0.5) is 4.79 Å². The van der Waals surface area contributed by atoms with Crippen molar-refractivity contribution < 1.29 is 19.1 Å². The number of amides is 4. The van der Waals surface area contributed by atoms with Crippen LogP contribution in [-0.2, 0) is 22.6 Å². The van der Waals surface area contributed by atoms with Gasteiger partial charge in [0.15, 0.2) is 0 Å². The van der Waals surface area contributed by atoms with Crippen molar-refractivity contribution in [1.29, 1.82) is 0 Å². The normalized spacial score (nSPS) is 18.5. The molecule has 29 heavy (non-hydrogen) atoms. The fraction of sp³-hybridized carbons (Fsp3) is 0.318. The summed E-state index contributed by atoms with van der Waals surface area (Å²) < 4.78 is 5.16. The van der Waals surface area contributed by atoms with Gasteiger partial charge < -0.3 is 15.4 Å². The predicted octanol–water partition coefficient (Wildman–Crippen LogP) is 2.25. The summed E-state index contributed by atoms with van der Waals surface area (Å²) in [6.07, 6.45) is 1.11. The number of methoxy groups -OCH3 is 1. The fourth-order valence-electron chi connectivity index (χ4n) is 3.28. The molecule has 0 unspecified atom stereocenters. The zero-order valence-electron chi connectivity index (χ0n) is 16.6. The smallest absolute Gasteiger partial charge is 0.325 e. The molecule has 2 aromatic carbocycles. The Kier molecular flexibility index (Phi) is 6.16. The summed E-state index contributed by atoms with van der Waals surface area (Å²) >= 11 is 0. The molecule has 2 N–H and O–H groups in total. The molecule has 0 aromatic heterocycles. The van der Waals surface area contributed by atoms with E-state index in [-0.39, 0.29) is 19.0 Å². The van der Waals surface area contributed by atoms with Crippen molar-refractivity contribution in [3.63, 3.8) is 0 Å². The number of carbonyl (C=O) groups is 3. The van der Waals surface area contributed by atoms with E-state index in [9.17, 15) is 14.4 Å². The quantitative estimate of drug-likeness (QED) is 0.671. The molecule has 1 saturated heterocycles. The van der Waals surface area contributed by atoms with Gasteiger partial charge in [0.1, 0.15) is 17.8 Å². The van der Waals surface area contributed by atoms with Crippen LogP contribution < -0.4 is 15.4 Å². The van der Waals surface area contributed by atoms with E-state index in [1.54, 1.807) is 14.0 Å². The largest absolute Gasteiger partial charge is 0.497 e. The Morgan fingerprint density at radius 1 is 1.10 bits per heavy atom. The number of benzene rings is 2. The molecule has 0 aliphatic carbocycles. The summed E-state index contributed by atoms with van der Waals surface area (Å²) in [7, 11) is 1.57. The van der Waals surface area contributed by atoms with Crippen LogP contribution in [0.2, 0.25) is 0 Å². The average Bonchev–Trinajstić information content (AvgIpc) is 2.95. The van der Waals surface area contributed by atoms with E-state index in [1.807, 2.05) is 54.6 Å². The van der Waals surface area contributed by atoms with Crippen LogP contribution in [0.1, 0.15) is 24.5 Å². The Labute approximate surface area is 170 Å². The number of aryl methyl sites for hydroxylation is 1. The highest BCUT2D eigenvalue weighted by Crippen LogP contribution is 2.23. The molecule has 0 bridgehead atoms.